The first-order valence-corrected chi connectivity index (χ1v) is 15.9. The smallest absolute Gasteiger partial charge is 0.330 e. The van der Waals surface area contributed by atoms with Crippen molar-refractivity contribution in [3.8, 4) is 0 Å². The molecule has 0 aromatic heterocycles. The van der Waals surface area contributed by atoms with Crippen LogP contribution in [-0.2, 0) is 39.0 Å². The predicted molar refractivity (Wildman–Crippen MR) is 165 cm³/mol. The molecule has 2 aliphatic carbocycles. The van der Waals surface area contributed by atoms with Crippen LogP contribution in [0.2, 0.25) is 5.02 Å². The number of anilines is 1. The van der Waals surface area contributed by atoms with Crippen LogP contribution in [0.1, 0.15) is 59.4 Å². The molecule has 12 heteroatoms. The van der Waals surface area contributed by atoms with Crippen LogP contribution in [0.5, 0.6) is 0 Å². The number of fused-ring (bicyclic) bond motifs is 4. The van der Waals surface area contributed by atoms with Crippen molar-refractivity contribution in [1.29, 1.82) is 0 Å². The molecule has 0 radical (unpaired) electrons. The summed E-state index contributed by atoms with van der Waals surface area (Å²) in [7, 11) is 1.66. The summed E-state index contributed by atoms with van der Waals surface area (Å²) in [4.78, 5) is 44.1. The third kappa shape index (κ3) is 5.89. The van der Waals surface area contributed by atoms with Crippen LogP contribution in [0.25, 0.3) is 0 Å². The van der Waals surface area contributed by atoms with Crippen LogP contribution in [0.3, 0.4) is 0 Å². The van der Waals surface area contributed by atoms with Gasteiger partial charge in [-0.25, -0.2) is 4.79 Å². The number of esters is 3. The number of rotatable bonds is 7. The molecule has 1 unspecified atom stereocenters. The number of nitrogens with zero attached hydrogens (tertiary/aromatic N) is 1. The van der Waals surface area contributed by atoms with Gasteiger partial charge in [0.2, 0.25) is 0 Å². The molecule has 1 aromatic carbocycles. The molecule has 45 heavy (non-hydrogen) atoms. The van der Waals surface area contributed by atoms with Crippen molar-refractivity contribution in [2.75, 3.05) is 18.7 Å². The van der Waals surface area contributed by atoms with Crippen LogP contribution in [0.15, 0.2) is 42.0 Å². The molecule has 246 valence electrons. The number of allylic oxidation sites excluding steroid dienone is 1. The number of hydrogen-bond donors (Lipinski definition) is 3. The lowest BCUT2D eigenvalue weighted by Gasteiger charge is -2.55. The summed E-state index contributed by atoms with van der Waals surface area (Å²) in [5, 5.41) is 29.3. The molecule has 5 rings (SSSR count). The van der Waals surface area contributed by atoms with Crippen LogP contribution < -0.4 is 10.4 Å². The Hall–Kier alpha value is -2.96. The Morgan fingerprint density at radius 2 is 1.98 bits per heavy atom. The molecule has 1 aromatic rings. The lowest BCUT2D eigenvalue weighted by atomic mass is 9.55. The second-order valence-electron chi connectivity index (χ2n) is 12.8. The van der Waals surface area contributed by atoms with Gasteiger partial charge in [0.25, 0.3) is 0 Å². The topological polar surface area (TPSA) is 144 Å². The van der Waals surface area contributed by atoms with Crippen molar-refractivity contribution < 1.29 is 43.6 Å². The monoisotopic (exact) mass is 646 g/mol. The number of benzene rings is 1. The van der Waals surface area contributed by atoms with Crippen LogP contribution >= 0.6 is 11.6 Å². The number of hydrogen-bond acceptors (Lipinski definition) is 11. The van der Waals surface area contributed by atoms with Gasteiger partial charge in [-0.05, 0) is 56.1 Å². The third-order valence-electron chi connectivity index (χ3n) is 9.99. The van der Waals surface area contributed by atoms with Gasteiger partial charge in [-0.3, -0.25) is 24.8 Å². The highest BCUT2D eigenvalue weighted by Gasteiger charge is 2.62. The third-order valence-corrected chi connectivity index (χ3v) is 10.3. The number of para-hydroxylation sites is 1. The molecule has 4 aliphatic rings. The largest absolute Gasteiger partial charge is 0.463 e. The van der Waals surface area contributed by atoms with Crippen molar-refractivity contribution >= 4 is 35.2 Å². The Kier molecular flexibility index (Phi) is 9.41. The first kappa shape index (κ1) is 33.4. The fourth-order valence-electron chi connectivity index (χ4n) is 7.68. The van der Waals surface area contributed by atoms with Crippen molar-refractivity contribution in [3.05, 3.63) is 52.6 Å². The molecular formula is C33H43ClN2O9. The average molecular weight is 647 g/mol. The van der Waals surface area contributed by atoms with E-state index >= 15 is 0 Å². The van der Waals surface area contributed by atoms with E-state index in [4.69, 9.17) is 30.6 Å². The molecule has 10 atom stereocenters. The summed E-state index contributed by atoms with van der Waals surface area (Å²) in [5.74, 6) is -2.76. The maximum absolute atomic E-state index is 14.0. The summed E-state index contributed by atoms with van der Waals surface area (Å²) < 4.78 is 16.9. The lowest BCUT2D eigenvalue weighted by Crippen LogP contribution is -2.66. The molecule has 1 saturated carbocycles. The highest BCUT2D eigenvalue weighted by molar-refractivity contribution is 6.33. The average Bonchev–Trinajstić information content (AvgIpc) is 3.33. The zero-order chi connectivity index (χ0) is 32.8. The van der Waals surface area contributed by atoms with E-state index in [1.807, 2.05) is 19.9 Å². The van der Waals surface area contributed by atoms with E-state index in [0.29, 0.717) is 28.3 Å². The zero-order valence-electron chi connectivity index (χ0n) is 26.5. The van der Waals surface area contributed by atoms with E-state index in [0.717, 1.165) is 6.42 Å². The minimum Gasteiger partial charge on any atom is -0.463 e. The van der Waals surface area contributed by atoms with Gasteiger partial charge in [-0.2, -0.15) is 0 Å². The molecule has 0 bridgehead atoms. The van der Waals surface area contributed by atoms with Gasteiger partial charge in [0, 0.05) is 37.9 Å². The molecule has 0 spiro atoms. The first-order valence-electron chi connectivity index (χ1n) is 15.5. The summed E-state index contributed by atoms with van der Waals surface area (Å²) in [6, 6.07) is 4.14. The van der Waals surface area contributed by atoms with Gasteiger partial charge in [-0.1, -0.05) is 49.7 Å². The summed E-state index contributed by atoms with van der Waals surface area (Å²) >= 11 is 6.42. The maximum Gasteiger partial charge on any atom is 0.330 e. The minimum absolute atomic E-state index is 0.0762. The molecular weight excluding hydrogens is 604 g/mol. The van der Waals surface area contributed by atoms with Gasteiger partial charge in [-0.15, -0.1) is 0 Å². The van der Waals surface area contributed by atoms with Crippen LogP contribution in [-0.4, -0.2) is 71.9 Å². The van der Waals surface area contributed by atoms with Gasteiger partial charge in [0.05, 0.1) is 17.3 Å². The minimum atomic E-state index is -1.59. The highest BCUT2D eigenvalue weighted by atomic mass is 35.5. The summed E-state index contributed by atoms with van der Waals surface area (Å²) in [5.41, 5.74) is -1.51. The number of carbonyl (C=O) groups excluding carboxylic acids is 3. The Morgan fingerprint density at radius 1 is 1.24 bits per heavy atom. The fourth-order valence-corrected chi connectivity index (χ4v) is 7.97. The van der Waals surface area contributed by atoms with Crippen molar-refractivity contribution in [2.45, 2.75) is 89.6 Å². The van der Waals surface area contributed by atoms with E-state index in [-0.39, 0.29) is 30.8 Å². The molecule has 2 aliphatic heterocycles. The normalized spacial score (nSPS) is 36.3. The molecule has 0 amide bonds. The summed E-state index contributed by atoms with van der Waals surface area (Å²) in [6.07, 6.45) is 3.19. The predicted octanol–water partition coefficient (Wildman–Crippen LogP) is 3.55. The van der Waals surface area contributed by atoms with Crippen LogP contribution in [0, 0.1) is 23.7 Å². The number of hydroxylamine groups is 1. The molecule has 1 saturated heterocycles. The second kappa shape index (κ2) is 12.7. The van der Waals surface area contributed by atoms with Gasteiger partial charge in [0.1, 0.15) is 17.2 Å². The number of carbonyl (C=O) groups is 3. The SMILES string of the molecule is CCOC(=O)C=CC(C)[C@@H]1CC[C@@H](C)[C@@]2(O)[C@@H]1C=C(C)[C@@H](OC(C)=O)[C@@H]2OC(=O)[C@@H]1C[C@@]2(O)c3cccc(Cl)c3N(C)O[C@H]2N1. The van der Waals surface area contributed by atoms with E-state index in [9.17, 15) is 24.6 Å². The molecule has 11 nitrogen and oxygen atoms in total. The van der Waals surface area contributed by atoms with Crippen molar-refractivity contribution in [2.24, 2.45) is 23.7 Å². The quantitative estimate of drug-likeness (QED) is 0.173. The number of nitrogens with one attached hydrogen (secondary N) is 1. The molecule has 2 fully saturated rings. The number of halogens is 1. The van der Waals surface area contributed by atoms with Gasteiger partial charge >= 0.3 is 17.9 Å². The molecule has 2 heterocycles. The fraction of sp³-hybridized carbons (Fsp3) is 0.606. The van der Waals surface area contributed by atoms with Crippen LogP contribution in [0.4, 0.5) is 5.69 Å². The Morgan fingerprint density at radius 3 is 2.67 bits per heavy atom. The van der Waals surface area contributed by atoms with Crippen molar-refractivity contribution in [3.63, 3.8) is 0 Å². The summed E-state index contributed by atoms with van der Waals surface area (Å²) in [6.45, 7) is 8.95. The number of aliphatic hydroxyl groups is 2. The Labute approximate surface area is 268 Å². The van der Waals surface area contributed by atoms with Gasteiger partial charge < -0.3 is 24.4 Å². The first-order chi connectivity index (χ1) is 21.2. The van der Waals surface area contributed by atoms with E-state index in [1.54, 1.807) is 45.2 Å². The standard InChI is InChI=1S/C33H43ClN2O9/c1-7-42-26(38)14-11-17(2)21-13-12-19(4)33(41)23(21)15-18(3)28(43-20(5)37)29(33)44-30(39)25-16-32(40)22-9-8-10-24(34)27(22)36(6)45-31(32)35-25/h8-11,14-15,17,19,21,23,25,28-29,31,35,40-41H,7,12-13,16H2,1-6H3/t17?,19-,21+,23-,25+,28-,29+,31-,32-,33-/m1/s1. The lowest BCUT2D eigenvalue weighted by molar-refractivity contribution is -0.224. The zero-order valence-corrected chi connectivity index (χ0v) is 27.2. The van der Waals surface area contributed by atoms with Gasteiger partial charge in [0.15, 0.2) is 18.4 Å². The van der Waals surface area contributed by atoms with E-state index in [2.05, 4.69) is 5.32 Å². The Balaban J connectivity index is 1.45. The second-order valence-corrected chi connectivity index (χ2v) is 13.2. The number of ether oxygens (including phenoxy) is 3. The van der Waals surface area contributed by atoms with E-state index in [1.165, 1.54) is 18.1 Å². The Bertz CT molecular complexity index is 1400. The maximum atomic E-state index is 14.0. The van der Waals surface area contributed by atoms with E-state index < -0.39 is 59.5 Å². The molecule has 3 N–H and O–H groups in total. The highest BCUT2D eigenvalue weighted by Crippen LogP contribution is 2.53. The van der Waals surface area contributed by atoms with Crippen molar-refractivity contribution in [1.82, 2.24) is 5.32 Å².